The maximum absolute atomic E-state index is 12.7. The zero-order valence-electron chi connectivity index (χ0n) is 11.7. The number of amides is 1. The Labute approximate surface area is 122 Å². The summed E-state index contributed by atoms with van der Waals surface area (Å²) in [6.07, 6.45) is 1.66. The molecule has 1 aromatic heterocycles. The number of H-pyrrole nitrogens is 1. The number of aromatic nitrogens is 1. The van der Waals surface area contributed by atoms with Gasteiger partial charge in [0.2, 0.25) is 0 Å². The van der Waals surface area contributed by atoms with E-state index in [-0.39, 0.29) is 30.0 Å². The van der Waals surface area contributed by atoms with Gasteiger partial charge in [0.15, 0.2) is 9.84 Å². The molecule has 1 aliphatic rings. The van der Waals surface area contributed by atoms with E-state index in [0.717, 1.165) is 10.9 Å². The third-order valence-corrected chi connectivity index (χ3v) is 5.66. The number of sulfone groups is 1. The zero-order valence-corrected chi connectivity index (χ0v) is 12.5. The van der Waals surface area contributed by atoms with Crippen LogP contribution in [0.3, 0.4) is 0 Å². The molecule has 0 radical (unpaired) electrons. The molecule has 1 aromatic carbocycles. The van der Waals surface area contributed by atoms with E-state index in [0.29, 0.717) is 11.3 Å². The summed E-state index contributed by atoms with van der Waals surface area (Å²) in [5.41, 5.74) is 7.73. The maximum Gasteiger partial charge on any atom is 0.256 e. The number of nitrogens with zero attached hydrogens (tertiary/aromatic N) is 1. The third kappa shape index (κ3) is 2.49. The van der Waals surface area contributed by atoms with Gasteiger partial charge in [-0.2, -0.15) is 0 Å². The number of carbonyl (C=O) groups excluding carboxylic acids is 1. The highest BCUT2D eigenvalue weighted by Crippen LogP contribution is 2.24. The standard InChI is InChI=1S/C14H17N3O3S/c1-9-8-21(19,20)5-4-17(9)14(18)12-7-16-13-3-2-10(15)6-11(12)13/h2-3,6-7,9,16H,4-5,8,15H2,1H3. The van der Waals surface area contributed by atoms with Crippen LogP contribution in [-0.4, -0.2) is 48.3 Å². The van der Waals surface area contributed by atoms with Gasteiger partial charge in [-0.15, -0.1) is 0 Å². The van der Waals surface area contributed by atoms with Gasteiger partial charge in [0.1, 0.15) is 0 Å². The van der Waals surface area contributed by atoms with Crippen LogP contribution in [0.25, 0.3) is 10.9 Å². The van der Waals surface area contributed by atoms with Crippen LogP contribution >= 0.6 is 0 Å². The van der Waals surface area contributed by atoms with Gasteiger partial charge in [0, 0.05) is 35.4 Å². The van der Waals surface area contributed by atoms with Crippen LogP contribution in [0.2, 0.25) is 0 Å². The Balaban J connectivity index is 1.96. The highest BCUT2D eigenvalue weighted by atomic mass is 32.2. The first-order valence-corrected chi connectivity index (χ1v) is 8.57. The lowest BCUT2D eigenvalue weighted by atomic mass is 10.1. The van der Waals surface area contributed by atoms with Gasteiger partial charge in [0.05, 0.1) is 17.1 Å². The molecule has 2 heterocycles. The number of nitrogen functional groups attached to an aromatic ring is 1. The van der Waals surface area contributed by atoms with Crippen molar-refractivity contribution in [3.8, 4) is 0 Å². The Kier molecular flexibility index (Phi) is 3.16. The van der Waals surface area contributed by atoms with Gasteiger partial charge in [-0.1, -0.05) is 0 Å². The smallest absolute Gasteiger partial charge is 0.256 e. The van der Waals surface area contributed by atoms with E-state index in [1.165, 1.54) is 0 Å². The SMILES string of the molecule is CC1CS(=O)(=O)CCN1C(=O)c1c[nH]c2ccc(N)cc12. The molecule has 2 aromatic rings. The normalized spacial score (nSPS) is 21.6. The van der Waals surface area contributed by atoms with Crippen molar-refractivity contribution < 1.29 is 13.2 Å². The Bertz CT molecular complexity index is 810. The summed E-state index contributed by atoms with van der Waals surface area (Å²) < 4.78 is 23.2. The van der Waals surface area contributed by atoms with Gasteiger partial charge < -0.3 is 15.6 Å². The molecule has 3 N–H and O–H groups in total. The van der Waals surface area contributed by atoms with E-state index >= 15 is 0 Å². The number of carbonyl (C=O) groups is 1. The molecule has 3 rings (SSSR count). The number of aromatic amines is 1. The molecule has 1 unspecified atom stereocenters. The minimum atomic E-state index is -3.04. The molecule has 1 saturated heterocycles. The monoisotopic (exact) mass is 307 g/mol. The fourth-order valence-electron chi connectivity index (χ4n) is 2.77. The Morgan fingerprint density at radius 3 is 2.90 bits per heavy atom. The quantitative estimate of drug-likeness (QED) is 0.768. The summed E-state index contributed by atoms with van der Waals surface area (Å²) in [4.78, 5) is 17.3. The van der Waals surface area contributed by atoms with Crippen LogP contribution in [0.5, 0.6) is 0 Å². The van der Waals surface area contributed by atoms with Crippen LogP contribution in [0.15, 0.2) is 24.4 Å². The molecule has 1 atom stereocenters. The number of nitrogens with one attached hydrogen (secondary N) is 1. The van der Waals surface area contributed by atoms with Crippen molar-refractivity contribution >= 4 is 32.3 Å². The molecule has 1 fully saturated rings. The Hall–Kier alpha value is -2.02. The predicted octanol–water partition coefficient (Wildman–Crippen LogP) is 1.01. The second-order valence-corrected chi connectivity index (χ2v) is 7.70. The molecule has 0 bridgehead atoms. The summed E-state index contributed by atoms with van der Waals surface area (Å²) in [6, 6.07) is 5.03. The minimum absolute atomic E-state index is 0.0171. The lowest BCUT2D eigenvalue weighted by molar-refractivity contribution is 0.0714. The van der Waals surface area contributed by atoms with Gasteiger partial charge in [-0.05, 0) is 25.1 Å². The second kappa shape index (κ2) is 4.77. The summed E-state index contributed by atoms with van der Waals surface area (Å²) in [7, 11) is -3.04. The van der Waals surface area contributed by atoms with Crippen LogP contribution in [0.4, 0.5) is 5.69 Å². The van der Waals surface area contributed by atoms with E-state index in [1.807, 2.05) is 6.07 Å². The van der Waals surface area contributed by atoms with Crippen molar-refractivity contribution in [1.82, 2.24) is 9.88 Å². The topological polar surface area (TPSA) is 96.3 Å². The summed E-state index contributed by atoms with van der Waals surface area (Å²) in [5, 5.41) is 0.764. The Morgan fingerprint density at radius 2 is 2.19 bits per heavy atom. The molecule has 7 heteroatoms. The second-order valence-electron chi connectivity index (χ2n) is 5.47. The van der Waals surface area contributed by atoms with Gasteiger partial charge in [-0.25, -0.2) is 8.42 Å². The molecule has 0 saturated carbocycles. The zero-order chi connectivity index (χ0) is 15.2. The van der Waals surface area contributed by atoms with Crippen LogP contribution in [0, 0.1) is 0 Å². The first kappa shape index (κ1) is 13.9. The number of rotatable bonds is 1. The van der Waals surface area contributed by atoms with E-state index in [2.05, 4.69) is 4.98 Å². The van der Waals surface area contributed by atoms with Crippen molar-refractivity contribution in [1.29, 1.82) is 0 Å². The van der Waals surface area contributed by atoms with Crippen molar-refractivity contribution in [3.05, 3.63) is 30.0 Å². The van der Waals surface area contributed by atoms with Crippen molar-refractivity contribution in [2.45, 2.75) is 13.0 Å². The molecule has 0 spiro atoms. The first-order valence-electron chi connectivity index (χ1n) is 6.75. The lowest BCUT2D eigenvalue weighted by Gasteiger charge is -2.33. The summed E-state index contributed by atoms with van der Waals surface area (Å²) >= 11 is 0. The van der Waals surface area contributed by atoms with E-state index in [9.17, 15) is 13.2 Å². The molecular formula is C14H17N3O3S. The minimum Gasteiger partial charge on any atom is -0.399 e. The lowest BCUT2D eigenvalue weighted by Crippen LogP contribution is -2.49. The van der Waals surface area contributed by atoms with Crippen LogP contribution < -0.4 is 5.73 Å². The van der Waals surface area contributed by atoms with E-state index < -0.39 is 9.84 Å². The molecule has 1 amide bonds. The average molecular weight is 307 g/mol. The molecule has 0 aliphatic carbocycles. The number of nitrogens with two attached hydrogens (primary N) is 1. The first-order chi connectivity index (χ1) is 9.87. The van der Waals surface area contributed by atoms with Gasteiger partial charge >= 0.3 is 0 Å². The number of benzene rings is 1. The van der Waals surface area contributed by atoms with Gasteiger partial charge in [0.25, 0.3) is 5.91 Å². The highest BCUT2D eigenvalue weighted by molar-refractivity contribution is 7.91. The van der Waals surface area contributed by atoms with Crippen molar-refractivity contribution in [2.24, 2.45) is 0 Å². The number of hydrogen-bond donors (Lipinski definition) is 2. The van der Waals surface area contributed by atoms with Crippen molar-refractivity contribution in [2.75, 3.05) is 23.8 Å². The van der Waals surface area contributed by atoms with Crippen molar-refractivity contribution in [3.63, 3.8) is 0 Å². The van der Waals surface area contributed by atoms with Gasteiger partial charge in [-0.3, -0.25) is 4.79 Å². The van der Waals surface area contributed by atoms with Crippen LogP contribution in [0.1, 0.15) is 17.3 Å². The fraction of sp³-hybridized carbons (Fsp3) is 0.357. The average Bonchev–Trinajstić information content (AvgIpc) is 2.79. The third-order valence-electron chi connectivity index (χ3n) is 3.87. The molecular weight excluding hydrogens is 290 g/mol. The molecule has 6 nitrogen and oxygen atoms in total. The Morgan fingerprint density at radius 1 is 1.43 bits per heavy atom. The summed E-state index contributed by atoms with van der Waals surface area (Å²) in [6.45, 7) is 2.00. The molecule has 21 heavy (non-hydrogen) atoms. The molecule has 1 aliphatic heterocycles. The fourth-order valence-corrected chi connectivity index (χ4v) is 4.33. The number of anilines is 1. The summed E-state index contributed by atoms with van der Waals surface area (Å²) in [5.74, 6) is -0.120. The number of hydrogen-bond acceptors (Lipinski definition) is 4. The molecule has 112 valence electrons. The van der Waals surface area contributed by atoms with E-state index in [4.69, 9.17) is 5.73 Å². The predicted molar refractivity (Wildman–Crippen MR) is 81.9 cm³/mol. The van der Waals surface area contributed by atoms with E-state index in [1.54, 1.807) is 30.2 Å². The maximum atomic E-state index is 12.7. The number of fused-ring (bicyclic) bond motifs is 1. The highest BCUT2D eigenvalue weighted by Gasteiger charge is 2.32. The largest absolute Gasteiger partial charge is 0.399 e. The van der Waals surface area contributed by atoms with Crippen LogP contribution in [-0.2, 0) is 9.84 Å².